The third kappa shape index (κ3) is 2.84. The van der Waals surface area contributed by atoms with Gasteiger partial charge in [-0.2, -0.15) is 0 Å². The summed E-state index contributed by atoms with van der Waals surface area (Å²) >= 11 is 0. The molecule has 1 saturated heterocycles. The smallest absolute Gasteiger partial charge is 0.182 e. The fourth-order valence-electron chi connectivity index (χ4n) is 2.64. The minimum atomic E-state index is 0.603. The Morgan fingerprint density at radius 2 is 2.16 bits per heavy atom. The van der Waals surface area contributed by atoms with Gasteiger partial charge in [0.05, 0.1) is 6.33 Å². The van der Waals surface area contributed by atoms with Crippen LogP contribution in [0.3, 0.4) is 0 Å². The third-order valence-corrected chi connectivity index (χ3v) is 3.61. The first kappa shape index (κ1) is 12.3. The van der Waals surface area contributed by atoms with E-state index < -0.39 is 0 Å². The van der Waals surface area contributed by atoms with Crippen molar-refractivity contribution in [2.75, 3.05) is 31.5 Å². The summed E-state index contributed by atoms with van der Waals surface area (Å²) in [7, 11) is 0. The number of H-pyrrole nitrogens is 1. The zero-order valence-corrected chi connectivity index (χ0v) is 11.3. The molecule has 6 nitrogen and oxygen atoms in total. The maximum atomic E-state index is 4.28. The van der Waals surface area contributed by atoms with Gasteiger partial charge in [0.2, 0.25) is 0 Å². The number of nitrogens with zero attached hydrogens (tertiary/aromatic N) is 4. The number of rotatable bonds is 5. The van der Waals surface area contributed by atoms with Crippen LogP contribution in [-0.2, 0) is 0 Å². The Labute approximate surface area is 112 Å². The van der Waals surface area contributed by atoms with E-state index in [4.69, 9.17) is 0 Å². The Kier molecular flexibility index (Phi) is 3.59. The summed E-state index contributed by atoms with van der Waals surface area (Å²) < 4.78 is 0. The molecule has 19 heavy (non-hydrogen) atoms. The number of nitrogens with one attached hydrogen (secondary N) is 2. The van der Waals surface area contributed by atoms with Crippen molar-refractivity contribution >= 4 is 17.0 Å². The van der Waals surface area contributed by atoms with Gasteiger partial charge in [-0.05, 0) is 31.8 Å². The molecule has 2 aromatic rings. The number of hydrogen-bond acceptors (Lipinski definition) is 5. The van der Waals surface area contributed by atoms with Crippen molar-refractivity contribution in [3.8, 4) is 0 Å². The summed E-state index contributed by atoms with van der Waals surface area (Å²) in [6.07, 6.45) is 5.90. The summed E-state index contributed by atoms with van der Waals surface area (Å²) in [5.74, 6) is 1.45. The van der Waals surface area contributed by atoms with Crippen molar-refractivity contribution in [1.82, 2.24) is 24.8 Å². The summed E-state index contributed by atoms with van der Waals surface area (Å²) in [5.41, 5.74) is 1.60. The van der Waals surface area contributed by atoms with Gasteiger partial charge in [0.25, 0.3) is 0 Å². The van der Waals surface area contributed by atoms with E-state index >= 15 is 0 Å². The van der Waals surface area contributed by atoms with Crippen LogP contribution in [0.5, 0.6) is 0 Å². The van der Waals surface area contributed by atoms with Gasteiger partial charge in [0, 0.05) is 13.1 Å². The number of fused-ring (bicyclic) bond motifs is 1. The minimum Gasteiger partial charge on any atom is -0.368 e. The number of aromatic amines is 1. The van der Waals surface area contributed by atoms with Crippen LogP contribution in [0, 0.1) is 5.92 Å². The van der Waals surface area contributed by atoms with Gasteiger partial charge in [0.1, 0.15) is 11.8 Å². The average molecular weight is 260 g/mol. The van der Waals surface area contributed by atoms with E-state index in [0.29, 0.717) is 11.6 Å². The number of anilines is 1. The second-order valence-corrected chi connectivity index (χ2v) is 5.32. The van der Waals surface area contributed by atoms with Gasteiger partial charge in [-0.1, -0.05) is 6.92 Å². The fourth-order valence-corrected chi connectivity index (χ4v) is 2.64. The van der Waals surface area contributed by atoms with E-state index in [-0.39, 0.29) is 0 Å². The van der Waals surface area contributed by atoms with E-state index in [0.717, 1.165) is 24.4 Å². The van der Waals surface area contributed by atoms with Crippen molar-refractivity contribution in [2.24, 2.45) is 5.92 Å². The first-order valence-corrected chi connectivity index (χ1v) is 6.93. The second-order valence-electron chi connectivity index (χ2n) is 5.32. The van der Waals surface area contributed by atoms with Gasteiger partial charge < -0.3 is 15.2 Å². The molecule has 1 fully saturated rings. The van der Waals surface area contributed by atoms with E-state index in [9.17, 15) is 0 Å². The highest BCUT2D eigenvalue weighted by molar-refractivity contribution is 5.81. The lowest BCUT2D eigenvalue weighted by molar-refractivity contribution is 0.294. The molecule has 0 amide bonds. The summed E-state index contributed by atoms with van der Waals surface area (Å²) in [5, 5.41) is 3.40. The molecule has 2 aromatic heterocycles. The lowest BCUT2D eigenvalue weighted by Gasteiger charge is -2.20. The summed E-state index contributed by atoms with van der Waals surface area (Å²) in [6, 6.07) is 0. The van der Waals surface area contributed by atoms with E-state index in [1.54, 1.807) is 12.7 Å². The molecule has 1 unspecified atom stereocenters. The second kappa shape index (κ2) is 5.52. The van der Waals surface area contributed by atoms with Crippen molar-refractivity contribution in [1.29, 1.82) is 0 Å². The summed E-state index contributed by atoms with van der Waals surface area (Å²) in [4.78, 5) is 18.1. The van der Waals surface area contributed by atoms with Gasteiger partial charge in [0.15, 0.2) is 11.5 Å². The van der Waals surface area contributed by atoms with Crippen molar-refractivity contribution in [3.63, 3.8) is 0 Å². The Bertz CT molecular complexity index is 531. The van der Waals surface area contributed by atoms with E-state index in [2.05, 4.69) is 37.1 Å². The molecule has 1 atom stereocenters. The molecule has 102 valence electrons. The topological polar surface area (TPSA) is 69.7 Å². The molecule has 0 spiro atoms. The van der Waals surface area contributed by atoms with Crippen LogP contribution in [-0.4, -0.2) is 51.0 Å². The quantitative estimate of drug-likeness (QED) is 0.852. The summed E-state index contributed by atoms with van der Waals surface area (Å²) in [6.45, 7) is 6.85. The highest BCUT2D eigenvalue weighted by Gasteiger charge is 2.15. The van der Waals surface area contributed by atoms with Crippen LogP contribution in [0.2, 0.25) is 0 Å². The number of imidazole rings is 1. The van der Waals surface area contributed by atoms with E-state index in [1.165, 1.54) is 25.9 Å². The Morgan fingerprint density at radius 3 is 3.00 bits per heavy atom. The largest absolute Gasteiger partial charge is 0.368 e. The first-order chi connectivity index (χ1) is 9.33. The molecule has 0 aromatic carbocycles. The van der Waals surface area contributed by atoms with Gasteiger partial charge in [-0.15, -0.1) is 0 Å². The highest BCUT2D eigenvalue weighted by Crippen LogP contribution is 2.15. The van der Waals surface area contributed by atoms with E-state index in [1.807, 2.05) is 0 Å². The molecule has 1 aliphatic heterocycles. The van der Waals surface area contributed by atoms with Crippen LogP contribution in [0.1, 0.15) is 19.8 Å². The SMILES string of the molecule is CC(CNc1ncnc2nc[nH]c12)CN1CCCC1. The molecule has 3 rings (SSSR count). The lowest BCUT2D eigenvalue weighted by atomic mass is 10.1. The average Bonchev–Trinajstić information content (AvgIpc) is 3.06. The number of hydrogen-bond donors (Lipinski definition) is 2. The molecule has 0 saturated carbocycles. The molecular weight excluding hydrogens is 240 g/mol. The van der Waals surface area contributed by atoms with Crippen molar-refractivity contribution < 1.29 is 0 Å². The molecular formula is C13H20N6. The van der Waals surface area contributed by atoms with Crippen LogP contribution < -0.4 is 5.32 Å². The Balaban J connectivity index is 1.57. The van der Waals surface area contributed by atoms with Crippen molar-refractivity contribution in [2.45, 2.75) is 19.8 Å². The number of aromatic nitrogens is 4. The monoisotopic (exact) mass is 260 g/mol. The molecule has 0 radical (unpaired) electrons. The van der Waals surface area contributed by atoms with Gasteiger partial charge in [-0.25, -0.2) is 15.0 Å². The molecule has 1 aliphatic rings. The predicted octanol–water partition coefficient (Wildman–Crippen LogP) is 1.50. The van der Waals surface area contributed by atoms with Crippen molar-refractivity contribution in [3.05, 3.63) is 12.7 Å². The van der Waals surface area contributed by atoms with Gasteiger partial charge in [-0.3, -0.25) is 0 Å². The van der Waals surface area contributed by atoms with Crippen LogP contribution >= 0.6 is 0 Å². The zero-order chi connectivity index (χ0) is 13.1. The van der Waals surface area contributed by atoms with Gasteiger partial charge >= 0.3 is 0 Å². The Hall–Kier alpha value is -1.69. The third-order valence-electron chi connectivity index (χ3n) is 3.61. The molecule has 0 aliphatic carbocycles. The molecule has 3 heterocycles. The molecule has 0 bridgehead atoms. The molecule has 2 N–H and O–H groups in total. The number of likely N-dealkylation sites (tertiary alicyclic amines) is 1. The molecule has 6 heteroatoms. The highest BCUT2D eigenvalue weighted by atomic mass is 15.1. The van der Waals surface area contributed by atoms with Crippen LogP contribution in [0.4, 0.5) is 5.82 Å². The lowest BCUT2D eigenvalue weighted by Crippen LogP contribution is -2.29. The Morgan fingerprint density at radius 1 is 1.32 bits per heavy atom. The van der Waals surface area contributed by atoms with Crippen LogP contribution in [0.25, 0.3) is 11.2 Å². The zero-order valence-electron chi connectivity index (χ0n) is 11.3. The minimum absolute atomic E-state index is 0.603. The first-order valence-electron chi connectivity index (χ1n) is 6.93. The maximum absolute atomic E-state index is 4.28. The normalized spacial score (nSPS) is 17.9. The standard InChI is InChI=1S/C13H20N6/c1-10(7-19-4-2-3-5-19)6-14-12-11-13(16-8-15-11)18-9-17-12/h8-10H,2-7H2,1H3,(H2,14,15,16,17,18). The predicted molar refractivity (Wildman–Crippen MR) is 75.0 cm³/mol. The maximum Gasteiger partial charge on any atom is 0.182 e. The van der Waals surface area contributed by atoms with Crippen LogP contribution in [0.15, 0.2) is 12.7 Å². The fraction of sp³-hybridized carbons (Fsp3) is 0.615.